The van der Waals surface area contributed by atoms with Crippen LogP contribution in [0.3, 0.4) is 0 Å². The minimum Gasteiger partial charge on any atom is -0.395 e. The number of thiocarbonyl (C=S) groups is 1. The summed E-state index contributed by atoms with van der Waals surface area (Å²) in [5.74, 6) is 0.171. The summed E-state index contributed by atoms with van der Waals surface area (Å²) in [6, 6.07) is 19.7. The third-order valence-electron chi connectivity index (χ3n) is 6.38. The third kappa shape index (κ3) is 4.17. The van der Waals surface area contributed by atoms with Gasteiger partial charge in [-0.1, -0.05) is 66.4 Å². The van der Waals surface area contributed by atoms with E-state index in [1.807, 2.05) is 42.5 Å². The lowest BCUT2D eigenvalue weighted by atomic mass is 9.92. The highest BCUT2D eigenvalue weighted by atomic mass is 32.2. The summed E-state index contributed by atoms with van der Waals surface area (Å²) in [5, 5.41) is 10.9. The number of nitrogens with zero attached hydrogens (tertiary/aromatic N) is 3. The van der Waals surface area contributed by atoms with Crippen LogP contribution in [-0.4, -0.2) is 70.4 Å². The molecule has 1 fully saturated rings. The van der Waals surface area contributed by atoms with E-state index in [4.69, 9.17) is 12.2 Å². The molecule has 0 saturated carbocycles. The highest BCUT2D eigenvalue weighted by molar-refractivity contribution is 8.22. The van der Waals surface area contributed by atoms with Crippen molar-refractivity contribution in [2.45, 2.75) is 5.75 Å². The number of hydrogen-bond acceptors (Lipinski definition) is 6. The van der Waals surface area contributed by atoms with Crippen LogP contribution in [0.4, 0.5) is 5.69 Å². The van der Waals surface area contributed by atoms with Crippen LogP contribution in [0.15, 0.2) is 60.7 Å². The molecule has 1 N–H and O–H groups in total. The molecule has 2 heterocycles. The molecule has 0 atom stereocenters. The van der Waals surface area contributed by atoms with Crippen molar-refractivity contribution in [3.63, 3.8) is 0 Å². The van der Waals surface area contributed by atoms with E-state index in [9.17, 15) is 14.7 Å². The Morgan fingerprint density at radius 3 is 2.29 bits per heavy atom. The lowest BCUT2D eigenvalue weighted by molar-refractivity contribution is 0.0580. The molecule has 2 aliphatic rings. The van der Waals surface area contributed by atoms with E-state index in [1.54, 1.807) is 17.8 Å². The summed E-state index contributed by atoms with van der Waals surface area (Å²) in [7, 11) is 0. The number of β-amino-alcohol motifs (C(OH)–C–C–N with tert-alkyl or cyclic N) is 1. The molecule has 34 heavy (non-hydrogen) atoms. The number of aliphatic hydroxyl groups is 1. The summed E-state index contributed by atoms with van der Waals surface area (Å²) in [5.41, 5.74) is 3.32. The Morgan fingerprint density at radius 2 is 1.59 bits per heavy atom. The smallest absolute Gasteiger partial charge is 0.261 e. The minimum absolute atomic E-state index is 0.000595. The Labute approximate surface area is 208 Å². The van der Waals surface area contributed by atoms with Gasteiger partial charge in [0.15, 0.2) is 0 Å². The second-order valence-electron chi connectivity index (χ2n) is 8.36. The summed E-state index contributed by atoms with van der Waals surface area (Å²) in [6.45, 7) is 3.01. The minimum atomic E-state index is -0.347. The van der Waals surface area contributed by atoms with Crippen LogP contribution in [0.25, 0.3) is 10.8 Å². The first kappa shape index (κ1) is 22.8. The van der Waals surface area contributed by atoms with Crippen LogP contribution in [0.1, 0.15) is 26.3 Å². The molecule has 3 aromatic rings. The van der Waals surface area contributed by atoms with Crippen LogP contribution in [0, 0.1) is 0 Å². The number of piperazine rings is 1. The van der Waals surface area contributed by atoms with Crippen molar-refractivity contribution in [2.24, 2.45) is 0 Å². The largest absolute Gasteiger partial charge is 0.395 e. The molecule has 2 aliphatic heterocycles. The topological polar surface area (TPSA) is 64.1 Å². The fourth-order valence-corrected chi connectivity index (χ4v) is 5.86. The molecule has 0 aliphatic carbocycles. The average molecular weight is 492 g/mol. The maximum Gasteiger partial charge on any atom is 0.261 e. The molecule has 0 bridgehead atoms. The average Bonchev–Trinajstić information content (AvgIpc) is 2.88. The van der Waals surface area contributed by atoms with Gasteiger partial charge in [-0.15, -0.1) is 0 Å². The number of carbonyl (C=O) groups is 2. The molecule has 0 unspecified atom stereocenters. The Kier molecular flexibility index (Phi) is 6.54. The number of rotatable bonds is 5. The molecule has 0 radical (unpaired) electrons. The molecule has 174 valence electrons. The normalized spacial score (nSPS) is 15.9. The molecule has 8 heteroatoms. The predicted octanol–water partition coefficient (Wildman–Crippen LogP) is 3.77. The predicted molar refractivity (Wildman–Crippen MR) is 141 cm³/mol. The van der Waals surface area contributed by atoms with Gasteiger partial charge in [0.25, 0.3) is 11.8 Å². The van der Waals surface area contributed by atoms with Crippen molar-refractivity contribution >= 4 is 56.6 Å². The summed E-state index contributed by atoms with van der Waals surface area (Å²) in [4.78, 5) is 31.5. The van der Waals surface area contributed by atoms with Gasteiger partial charge >= 0.3 is 0 Å². The maximum absolute atomic E-state index is 12.9. The Balaban J connectivity index is 1.33. The van der Waals surface area contributed by atoms with Crippen LogP contribution in [-0.2, 0) is 5.75 Å². The van der Waals surface area contributed by atoms with E-state index >= 15 is 0 Å². The van der Waals surface area contributed by atoms with Gasteiger partial charge in [-0.05, 0) is 23.8 Å². The number of carbonyl (C=O) groups excluding carboxylic acids is 2. The number of imide groups is 1. The third-order valence-corrected chi connectivity index (χ3v) is 7.97. The van der Waals surface area contributed by atoms with E-state index in [-0.39, 0.29) is 25.0 Å². The van der Waals surface area contributed by atoms with Crippen molar-refractivity contribution in [1.29, 1.82) is 0 Å². The maximum atomic E-state index is 12.9. The van der Waals surface area contributed by atoms with Crippen LogP contribution >= 0.6 is 24.0 Å². The first-order valence-corrected chi connectivity index (χ1v) is 12.7. The standard InChI is InChI=1S/C26H25N3O3S2/c30-16-15-29-24(31)20-8-4-7-19-22(10-9-21(23(19)20)25(29)32)27-11-13-28(14-12-27)26(33)34-17-18-5-2-1-3-6-18/h1-10,30H,11-17H2. The molecule has 3 aromatic carbocycles. The number of amides is 2. The highest BCUT2D eigenvalue weighted by Gasteiger charge is 2.33. The second-order valence-corrected chi connectivity index (χ2v) is 9.97. The molecule has 0 aromatic heterocycles. The Hall–Kier alpha value is -2.94. The van der Waals surface area contributed by atoms with Gasteiger partial charge in [0.05, 0.1) is 13.2 Å². The van der Waals surface area contributed by atoms with Gasteiger partial charge in [-0.3, -0.25) is 14.5 Å². The fraction of sp³-hybridized carbons (Fsp3) is 0.269. The van der Waals surface area contributed by atoms with Gasteiger partial charge in [0.2, 0.25) is 0 Å². The first-order chi connectivity index (χ1) is 16.6. The van der Waals surface area contributed by atoms with Crippen molar-refractivity contribution < 1.29 is 14.7 Å². The number of anilines is 1. The molecular formula is C26H25N3O3S2. The lowest BCUT2D eigenvalue weighted by Crippen LogP contribution is -2.47. The van der Waals surface area contributed by atoms with Crippen molar-refractivity contribution in [3.8, 4) is 0 Å². The summed E-state index contributed by atoms with van der Waals surface area (Å²) < 4.78 is 0.917. The molecule has 5 rings (SSSR count). The van der Waals surface area contributed by atoms with Gasteiger partial charge < -0.3 is 14.9 Å². The van der Waals surface area contributed by atoms with Gasteiger partial charge in [-0.25, -0.2) is 0 Å². The fourth-order valence-electron chi connectivity index (χ4n) is 4.65. The molecule has 1 saturated heterocycles. The molecular weight excluding hydrogens is 466 g/mol. The molecule has 0 spiro atoms. The Morgan fingerprint density at radius 1 is 0.882 bits per heavy atom. The number of benzene rings is 3. The molecule has 2 amide bonds. The Bertz CT molecular complexity index is 1230. The number of hydrogen-bond donors (Lipinski definition) is 1. The summed E-state index contributed by atoms with van der Waals surface area (Å²) in [6.07, 6.45) is 0. The van der Waals surface area contributed by atoms with Crippen molar-refractivity contribution in [1.82, 2.24) is 9.80 Å². The quantitative estimate of drug-likeness (QED) is 0.431. The summed E-state index contributed by atoms with van der Waals surface area (Å²) >= 11 is 7.39. The first-order valence-electron chi connectivity index (χ1n) is 11.3. The van der Waals surface area contributed by atoms with E-state index in [0.29, 0.717) is 16.5 Å². The van der Waals surface area contributed by atoms with E-state index in [1.165, 1.54) is 5.56 Å². The molecule has 6 nitrogen and oxygen atoms in total. The zero-order chi connectivity index (χ0) is 23.7. The van der Waals surface area contributed by atoms with Crippen LogP contribution < -0.4 is 4.90 Å². The van der Waals surface area contributed by atoms with Crippen LogP contribution in [0.2, 0.25) is 0 Å². The number of aliphatic hydroxyl groups excluding tert-OH is 1. The van der Waals surface area contributed by atoms with Crippen LogP contribution in [0.5, 0.6) is 0 Å². The SMILES string of the molecule is O=C1c2cccc3c(N4CCN(C(=S)SCc5ccccc5)CC4)ccc(c23)C(=O)N1CCO. The lowest BCUT2D eigenvalue weighted by Gasteiger charge is -2.38. The zero-order valence-electron chi connectivity index (χ0n) is 18.6. The van der Waals surface area contributed by atoms with E-state index < -0.39 is 0 Å². The highest BCUT2D eigenvalue weighted by Crippen LogP contribution is 2.36. The number of thioether (sulfide) groups is 1. The van der Waals surface area contributed by atoms with E-state index in [0.717, 1.165) is 52.2 Å². The van der Waals surface area contributed by atoms with Crippen molar-refractivity contribution in [2.75, 3.05) is 44.2 Å². The van der Waals surface area contributed by atoms with Gasteiger partial charge in [0.1, 0.15) is 4.32 Å². The van der Waals surface area contributed by atoms with Gasteiger partial charge in [-0.2, -0.15) is 0 Å². The monoisotopic (exact) mass is 491 g/mol. The van der Waals surface area contributed by atoms with E-state index in [2.05, 4.69) is 21.9 Å². The zero-order valence-corrected chi connectivity index (χ0v) is 20.3. The van der Waals surface area contributed by atoms with Crippen molar-refractivity contribution in [3.05, 3.63) is 77.4 Å². The second kappa shape index (κ2) is 9.74. The van der Waals surface area contributed by atoms with Gasteiger partial charge in [0, 0.05) is 59.5 Å².